The zero-order chi connectivity index (χ0) is 19.7. The molecule has 2 aromatic heterocycles. The van der Waals surface area contributed by atoms with Crippen LogP contribution in [0.5, 0.6) is 0 Å². The molecule has 0 aliphatic carbocycles. The minimum absolute atomic E-state index is 0.165. The topological polar surface area (TPSA) is 72.0 Å². The summed E-state index contributed by atoms with van der Waals surface area (Å²) in [4.78, 5) is 32.5. The van der Waals surface area contributed by atoms with Gasteiger partial charge in [0.05, 0.1) is 0 Å². The molecule has 1 N–H and O–H groups in total. The molecule has 0 saturated heterocycles. The Morgan fingerprint density at radius 2 is 2.00 bits per heavy atom. The van der Waals surface area contributed by atoms with Crippen LogP contribution in [0.3, 0.4) is 0 Å². The van der Waals surface area contributed by atoms with E-state index in [9.17, 15) is 9.59 Å². The van der Waals surface area contributed by atoms with Crippen LogP contribution in [0, 0.1) is 0 Å². The van der Waals surface area contributed by atoms with Gasteiger partial charge in [-0.15, -0.1) is 11.3 Å². The number of nitrogens with one attached hydrogen (secondary N) is 1. The van der Waals surface area contributed by atoms with Crippen molar-refractivity contribution < 1.29 is 14.3 Å². The third-order valence-electron chi connectivity index (χ3n) is 4.29. The highest BCUT2D eigenvalue weighted by molar-refractivity contribution is 7.13. The first-order valence-corrected chi connectivity index (χ1v) is 9.81. The summed E-state index contributed by atoms with van der Waals surface area (Å²) in [6.07, 6.45) is 0.709. The fourth-order valence-corrected chi connectivity index (χ4v) is 3.87. The van der Waals surface area contributed by atoms with Crippen molar-refractivity contribution in [1.29, 1.82) is 0 Å². The van der Waals surface area contributed by atoms with E-state index >= 15 is 0 Å². The van der Waals surface area contributed by atoms with E-state index in [-0.39, 0.29) is 11.5 Å². The molecule has 2 heterocycles. The van der Waals surface area contributed by atoms with Crippen LogP contribution in [0.25, 0.3) is 21.5 Å². The van der Waals surface area contributed by atoms with Crippen LogP contribution < -0.4 is 0 Å². The first-order chi connectivity index (χ1) is 13.5. The van der Waals surface area contributed by atoms with Crippen LogP contribution in [-0.4, -0.2) is 27.8 Å². The summed E-state index contributed by atoms with van der Waals surface area (Å²) in [5.74, 6) is -0.902. The number of rotatable bonds is 5. The van der Waals surface area contributed by atoms with Crippen LogP contribution in [0.2, 0.25) is 5.02 Å². The van der Waals surface area contributed by atoms with Gasteiger partial charge in [-0.2, -0.15) is 0 Å². The maximum absolute atomic E-state index is 12.7. The van der Waals surface area contributed by atoms with Crippen molar-refractivity contribution in [2.75, 3.05) is 0 Å². The van der Waals surface area contributed by atoms with Gasteiger partial charge in [0, 0.05) is 38.6 Å². The number of para-hydroxylation sites is 1. The molecule has 5 nitrogen and oxygen atoms in total. The first-order valence-electron chi connectivity index (χ1n) is 8.55. The lowest BCUT2D eigenvalue weighted by Gasteiger charge is -2.10. The molecular formula is C21H15ClN2O3S. The van der Waals surface area contributed by atoms with Gasteiger partial charge in [-0.3, -0.25) is 4.79 Å². The van der Waals surface area contributed by atoms with E-state index in [4.69, 9.17) is 16.3 Å². The fourth-order valence-electron chi connectivity index (χ4n) is 2.89. The van der Waals surface area contributed by atoms with Crippen LogP contribution in [-0.2, 0) is 4.74 Å². The number of aromatic nitrogens is 2. The first kappa shape index (κ1) is 18.4. The molecule has 0 saturated carbocycles. The summed E-state index contributed by atoms with van der Waals surface area (Å²) in [5, 5.41) is 3.66. The lowest BCUT2D eigenvalue weighted by atomic mass is 10.1. The molecular weight excluding hydrogens is 396 g/mol. The molecule has 1 atom stereocenters. The predicted octanol–water partition coefficient (Wildman–Crippen LogP) is 5.37. The molecule has 0 unspecified atom stereocenters. The number of ether oxygens (including phenoxy) is 1. The summed E-state index contributed by atoms with van der Waals surface area (Å²) in [5.41, 5.74) is 2.34. The predicted molar refractivity (Wildman–Crippen MR) is 110 cm³/mol. The molecule has 4 aromatic rings. The van der Waals surface area contributed by atoms with E-state index in [0.29, 0.717) is 15.6 Å². The number of ketones is 1. The molecule has 7 heteroatoms. The van der Waals surface area contributed by atoms with Crippen LogP contribution in [0.15, 0.2) is 60.1 Å². The summed E-state index contributed by atoms with van der Waals surface area (Å²) < 4.78 is 5.36. The standard InChI is InChI=1S/C21H15ClN2O3S/c1-12(19(25)16-10-23-17-8-3-2-7-15(16)17)27-21(26)18-11-28-20(24-18)13-5-4-6-14(22)9-13/h2-12,23H,1H3/t12-/m1/s1. The highest BCUT2D eigenvalue weighted by Gasteiger charge is 2.24. The zero-order valence-electron chi connectivity index (χ0n) is 14.8. The second kappa shape index (κ2) is 7.58. The summed E-state index contributed by atoms with van der Waals surface area (Å²) >= 11 is 7.32. The van der Waals surface area contributed by atoms with Gasteiger partial charge < -0.3 is 9.72 Å². The largest absolute Gasteiger partial charge is 0.450 e. The number of fused-ring (bicyclic) bond motifs is 1. The number of halogens is 1. The third-order valence-corrected chi connectivity index (χ3v) is 5.42. The van der Waals surface area contributed by atoms with Crippen molar-refractivity contribution in [3.63, 3.8) is 0 Å². The van der Waals surface area contributed by atoms with Gasteiger partial charge in [0.1, 0.15) is 5.01 Å². The van der Waals surface area contributed by atoms with E-state index in [2.05, 4.69) is 9.97 Å². The number of carbonyl (C=O) groups is 2. The molecule has 0 fully saturated rings. The van der Waals surface area contributed by atoms with Crippen molar-refractivity contribution >= 4 is 45.6 Å². The van der Waals surface area contributed by atoms with Gasteiger partial charge >= 0.3 is 5.97 Å². The van der Waals surface area contributed by atoms with Gasteiger partial charge in [-0.05, 0) is 25.1 Å². The fraction of sp³-hybridized carbons (Fsp3) is 0.0952. The number of hydrogen-bond acceptors (Lipinski definition) is 5. The minimum atomic E-state index is -0.928. The Balaban J connectivity index is 1.50. The second-order valence-electron chi connectivity index (χ2n) is 6.21. The molecule has 0 spiro atoms. The van der Waals surface area contributed by atoms with Crippen molar-refractivity contribution in [3.8, 4) is 10.6 Å². The van der Waals surface area contributed by atoms with Crippen molar-refractivity contribution in [2.45, 2.75) is 13.0 Å². The Morgan fingerprint density at radius 3 is 2.82 bits per heavy atom. The van der Waals surface area contributed by atoms with E-state index in [1.54, 1.807) is 30.6 Å². The zero-order valence-corrected chi connectivity index (χ0v) is 16.4. The Morgan fingerprint density at radius 1 is 1.18 bits per heavy atom. The van der Waals surface area contributed by atoms with Gasteiger partial charge in [-0.1, -0.05) is 41.9 Å². The van der Waals surface area contributed by atoms with E-state index in [0.717, 1.165) is 16.5 Å². The molecule has 140 valence electrons. The number of benzene rings is 2. The SMILES string of the molecule is C[C@@H](OC(=O)c1csc(-c2cccc(Cl)c2)n1)C(=O)c1c[nH]c2ccccc12. The Bertz CT molecular complexity index is 1180. The number of Topliss-reactive ketones (excluding diaryl/α,β-unsaturated/α-hetero) is 1. The number of thiazole rings is 1. The number of carbonyl (C=O) groups excluding carboxylic acids is 2. The van der Waals surface area contributed by atoms with E-state index in [1.807, 2.05) is 36.4 Å². The maximum Gasteiger partial charge on any atom is 0.358 e. The van der Waals surface area contributed by atoms with Crippen LogP contribution >= 0.6 is 22.9 Å². The number of hydrogen-bond donors (Lipinski definition) is 1. The van der Waals surface area contributed by atoms with Crippen LogP contribution in [0.1, 0.15) is 27.8 Å². The highest BCUT2D eigenvalue weighted by Crippen LogP contribution is 2.26. The maximum atomic E-state index is 12.7. The van der Waals surface area contributed by atoms with Gasteiger partial charge in [-0.25, -0.2) is 9.78 Å². The molecule has 0 bridgehead atoms. The Kier molecular flexibility index (Phi) is 4.98. The van der Waals surface area contributed by atoms with Gasteiger partial charge in [0.2, 0.25) is 5.78 Å². The average Bonchev–Trinajstić information content (AvgIpc) is 3.35. The molecule has 4 rings (SSSR count). The number of H-pyrrole nitrogens is 1. The second-order valence-corrected chi connectivity index (χ2v) is 7.50. The molecule has 0 amide bonds. The Hall–Kier alpha value is -2.96. The number of nitrogens with zero attached hydrogens (tertiary/aromatic N) is 1. The molecule has 0 aliphatic rings. The third kappa shape index (κ3) is 3.56. The minimum Gasteiger partial charge on any atom is -0.450 e. The lowest BCUT2D eigenvalue weighted by molar-refractivity contribution is 0.0314. The van der Waals surface area contributed by atoms with Crippen molar-refractivity contribution in [3.05, 3.63) is 76.4 Å². The van der Waals surface area contributed by atoms with E-state index in [1.165, 1.54) is 11.3 Å². The number of aromatic amines is 1. The van der Waals surface area contributed by atoms with E-state index < -0.39 is 12.1 Å². The summed E-state index contributed by atoms with van der Waals surface area (Å²) in [7, 11) is 0. The van der Waals surface area contributed by atoms with Crippen LogP contribution in [0.4, 0.5) is 0 Å². The smallest absolute Gasteiger partial charge is 0.358 e. The lowest BCUT2D eigenvalue weighted by Crippen LogP contribution is -2.24. The molecule has 28 heavy (non-hydrogen) atoms. The molecule has 0 radical (unpaired) electrons. The highest BCUT2D eigenvalue weighted by atomic mass is 35.5. The van der Waals surface area contributed by atoms with Crippen molar-refractivity contribution in [2.24, 2.45) is 0 Å². The summed E-state index contributed by atoms with van der Waals surface area (Å²) in [6, 6.07) is 14.7. The summed E-state index contributed by atoms with van der Waals surface area (Å²) in [6.45, 7) is 1.56. The quantitative estimate of drug-likeness (QED) is 0.354. The normalized spacial score (nSPS) is 12.1. The Labute approximate surface area is 169 Å². The van der Waals surface area contributed by atoms with Crippen molar-refractivity contribution in [1.82, 2.24) is 9.97 Å². The molecule has 0 aliphatic heterocycles. The van der Waals surface area contributed by atoms with Gasteiger partial charge in [0.15, 0.2) is 11.8 Å². The molecule has 2 aromatic carbocycles. The average molecular weight is 411 g/mol. The number of esters is 1. The van der Waals surface area contributed by atoms with Gasteiger partial charge in [0.25, 0.3) is 0 Å². The monoisotopic (exact) mass is 410 g/mol.